The fourth-order valence-electron chi connectivity index (χ4n) is 1.86. The highest BCUT2D eigenvalue weighted by molar-refractivity contribution is 6.36. The lowest BCUT2D eigenvalue weighted by Gasteiger charge is -2.10. The van der Waals surface area contributed by atoms with Gasteiger partial charge in [0.1, 0.15) is 11.6 Å². The van der Waals surface area contributed by atoms with Crippen LogP contribution in [-0.2, 0) is 13.0 Å². The molecule has 6 heteroatoms. The van der Waals surface area contributed by atoms with Gasteiger partial charge >= 0.3 is 0 Å². The maximum atomic E-state index is 6.20. The average molecular weight is 299 g/mol. The van der Waals surface area contributed by atoms with E-state index in [0.29, 0.717) is 22.3 Å². The van der Waals surface area contributed by atoms with E-state index < -0.39 is 0 Å². The molecule has 2 aromatic rings. The van der Waals surface area contributed by atoms with E-state index in [0.717, 1.165) is 24.6 Å². The summed E-state index contributed by atoms with van der Waals surface area (Å²) in [5, 5.41) is 4.23. The van der Waals surface area contributed by atoms with E-state index in [1.165, 1.54) is 0 Å². The predicted octanol–water partition coefficient (Wildman–Crippen LogP) is 3.63. The zero-order valence-corrected chi connectivity index (χ0v) is 12.5. The van der Waals surface area contributed by atoms with Gasteiger partial charge in [-0.15, -0.1) is 0 Å². The minimum Gasteiger partial charge on any atom is -0.369 e. The van der Waals surface area contributed by atoms with E-state index >= 15 is 0 Å². The maximum Gasteiger partial charge on any atom is 0.145 e. The molecule has 0 aliphatic carbocycles. The predicted molar refractivity (Wildman–Crippen MR) is 79.1 cm³/mol. The molecular formula is C13H16Cl2N4. The summed E-state index contributed by atoms with van der Waals surface area (Å²) in [6.07, 6.45) is 4.33. The van der Waals surface area contributed by atoms with Gasteiger partial charge in [0.05, 0.1) is 15.7 Å². The van der Waals surface area contributed by atoms with Crippen LogP contribution in [0.1, 0.15) is 25.4 Å². The van der Waals surface area contributed by atoms with Crippen LogP contribution in [-0.4, -0.2) is 21.1 Å². The van der Waals surface area contributed by atoms with Gasteiger partial charge in [0.15, 0.2) is 0 Å². The number of anilines is 1. The van der Waals surface area contributed by atoms with Crippen LogP contribution < -0.4 is 5.32 Å². The molecule has 0 saturated heterocycles. The summed E-state index contributed by atoms with van der Waals surface area (Å²) in [6, 6.07) is 1.72. The van der Waals surface area contributed by atoms with Crippen molar-refractivity contribution in [1.29, 1.82) is 0 Å². The topological polar surface area (TPSA) is 42.7 Å². The lowest BCUT2D eigenvalue weighted by molar-refractivity contribution is 0.708. The lowest BCUT2D eigenvalue weighted by atomic mass is 10.2. The van der Waals surface area contributed by atoms with Crippen molar-refractivity contribution in [2.24, 2.45) is 0 Å². The van der Waals surface area contributed by atoms with Gasteiger partial charge in [-0.1, -0.05) is 23.2 Å². The molecular weight excluding hydrogens is 283 g/mol. The first-order chi connectivity index (χ1) is 9.15. The van der Waals surface area contributed by atoms with Crippen LogP contribution >= 0.6 is 23.2 Å². The molecule has 0 fully saturated rings. The molecule has 2 heterocycles. The van der Waals surface area contributed by atoms with E-state index in [9.17, 15) is 0 Å². The zero-order chi connectivity index (χ0) is 13.8. The molecule has 0 aliphatic heterocycles. The Bertz CT molecular complexity index is 566. The number of nitrogens with zero attached hydrogens (tertiary/aromatic N) is 3. The third-order valence-corrected chi connectivity index (χ3v) is 3.43. The van der Waals surface area contributed by atoms with Gasteiger partial charge in [-0.25, -0.2) is 9.97 Å². The number of hydrogen-bond acceptors (Lipinski definition) is 3. The summed E-state index contributed by atoms with van der Waals surface area (Å²) < 4.78 is 2.07. The van der Waals surface area contributed by atoms with Crippen LogP contribution in [0.15, 0.2) is 18.5 Å². The van der Waals surface area contributed by atoms with Gasteiger partial charge in [-0.2, -0.15) is 0 Å². The summed E-state index contributed by atoms with van der Waals surface area (Å²) >= 11 is 12.3. The van der Waals surface area contributed by atoms with Crippen molar-refractivity contribution in [2.45, 2.75) is 26.8 Å². The second kappa shape index (κ2) is 6.26. The Labute approximate surface area is 122 Å². The summed E-state index contributed by atoms with van der Waals surface area (Å²) in [5.41, 5.74) is 0.780. The Balaban J connectivity index is 2.31. The quantitative estimate of drug-likeness (QED) is 0.916. The van der Waals surface area contributed by atoms with Crippen molar-refractivity contribution in [3.05, 3.63) is 40.0 Å². The second-order valence-corrected chi connectivity index (χ2v) is 4.90. The number of rotatable bonds is 5. The molecule has 1 N–H and O–H groups in total. The maximum absolute atomic E-state index is 6.20. The lowest BCUT2D eigenvalue weighted by Crippen LogP contribution is -2.06. The smallest absolute Gasteiger partial charge is 0.145 e. The number of imidazole rings is 1. The first-order valence-electron chi connectivity index (χ1n) is 6.24. The Hall–Kier alpha value is -1.26. The number of aromatic nitrogens is 3. The Kier molecular flexibility index (Phi) is 4.66. The summed E-state index contributed by atoms with van der Waals surface area (Å²) in [7, 11) is 0. The van der Waals surface area contributed by atoms with Gasteiger partial charge in [0.25, 0.3) is 0 Å². The minimum absolute atomic E-state index is 0.537. The van der Waals surface area contributed by atoms with Gasteiger partial charge < -0.3 is 9.88 Å². The van der Waals surface area contributed by atoms with Crippen molar-refractivity contribution in [3.63, 3.8) is 0 Å². The van der Waals surface area contributed by atoms with Gasteiger partial charge in [0.2, 0.25) is 0 Å². The van der Waals surface area contributed by atoms with E-state index in [-0.39, 0.29) is 0 Å². The van der Waals surface area contributed by atoms with Gasteiger partial charge in [0, 0.05) is 31.9 Å². The molecule has 2 aromatic heterocycles. The third kappa shape index (κ3) is 3.19. The van der Waals surface area contributed by atoms with Crippen LogP contribution in [0, 0.1) is 0 Å². The zero-order valence-electron chi connectivity index (χ0n) is 11.0. The number of hydrogen-bond donors (Lipinski definition) is 1. The molecule has 0 bridgehead atoms. The summed E-state index contributed by atoms with van der Waals surface area (Å²) in [4.78, 5) is 8.82. The normalized spacial score (nSPS) is 10.7. The van der Waals surface area contributed by atoms with Crippen LogP contribution in [0.2, 0.25) is 10.0 Å². The monoisotopic (exact) mass is 298 g/mol. The van der Waals surface area contributed by atoms with E-state index in [2.05, 4.69) is 26.8 Å². The number of pyridine rings is 1. The molecule has 4 nitrogen and oxygen atoms in total. The highest BCUT2D eigenvalue weighted by atomic mass is 35.5. The molecule has 0 amide bonds. The fourth-order valence-corrected chi connectivity index (χ4v) is 2.36. The van der Waals surface area contributed by atoms with Gasteiger partial charge in [-0.3, -0.25) is 0 Å². The third-order valence-electron chi connectivity index (χ3n) is 2.81. The molecule has 0 aromatic carbocycles. The fraction of sp³-hybridized carbons (Fsp3) is 0.385. The van der Waals surface area contributed by atoms with Crippen molar-refractivity contribution in [3.8, 4) is 0 Å². The van der Waals surface area contributed by atoms with Crippen molar-refractivity contribution in [2.75, 3.05) is 11.9 Å². The van der Waals surface area contributed by atoms with Crippen LogP contribution in [0.3, 0.4) is 0 Å². The van der Waals surface area contributed by atoms with E-state index in [1.54, 1.807) is 12.3 Å². The first kappa shape index (κ1) is 14.2. The van der Waals surface area contributed by atoms with Crippen LogP contribution in [0.4, 0.5) is 5.82 Å². The van der Waals surface area contributed by atoms with Gasteiger partial charge in [-0.05, 0) is 19.9 Å². The molecule has 19 heavy (non-hydrogen) atoms. The molecule has 0 saturated carbocycles. The molecule has 0 spiro atoms. The first-order valence-corrected chi connectivity index (χ1v) is 7.00. The Morgan fingerprint density at radius 3 is 2.74 bits per heavy atom. The van der Waals surface area contributed by atoms with Crippen molar-refractivity contribution >= 4 is 29.0 Å². The highest BCUT2D eigenvalue weighted by Gasteiger charge is 2.12. The Morgan fingerprint density at radius 2 is 2.05 bits per heavy atom. The molecule has 0 radical (unpaired) electrons. The average Bonchev–Trinajstić information content (AvgIpc) is 2.82. The standard InChI is InChI=1S/C13H16Cl2N4/c1-3-16-13-10(15)7-9(14)11(18-13)8-12-17-5-6-19(12)4-2/h5-7H,3-4,8H2,1-2H3,(H,16,18). The number of nitrogens with one attached hydrogen (secondary N) is 1. The van der Waals surface area contributed by atoms with Crippen molar-refractivity contribution in [1.82, 2.24) is 14.5 Å². The molecule has 0 unspecified atom stereocenters. The second-order valence-electron chi connectivity index (χ2n) is 4.08. The van der Waals surface area contributed by atoms with E-state index in [4.69, 9.17) is 23.2 Å². The molecule has 102 valence electrons. The van der Waals surface area contributed by atoms with E-state index in [1.807, 2.05) is 13.1 Å². The molecule has 0 aliphatic rings. The number of halogens is 2. The summed E-state index contributed by atoms with van der Waals surface area (Å²) in [6.45, 7) is 5.71. The largest absolute Gasteiger partial charge is 0.369 e. The Morgan fingerprint density at radius 1 is 1.26 bits per heavy atom. The van der Waals surface area contributed by atoms with Crippen LogP contribution in [0.5, 0.6) is 0 Å². The minimum atomic E-state index is 0.537. The highest BCUT2D eigenvalue weighted by Crippen LogP contribution is 2.27. The SMILES string of the molecule is CCNc1nc(Cc2nccn2CC)c(Cl)cc1Cl. The number of aryl methyl sites for hydroxylation is 1. The molecule has 0 atom stereocenters. The summed E-state index contributed by atoms with van der Waals surface area (Å²) in [5.74, 6) is 1.61. The van der Waals surface area contributed by atoms with Crippen molar-refractivity contribution < 1.29 is 0 Å². The van der Waals surface area contributed by atoms with Crippen LogP contribution in [0.25, 0.3) is 0 Å². The molecule has 2 rings (SSSR count).